The number of carbonyl (C=O) groups excluding carboxylic acids is 1. The second-order valence-corrected chi connectivity index (χ2v) is 6.44. The lowest BCUT2D eigenvalue weighted by Gasteiger charge is -2.12. The highest BCUT2D eigenvalue weighted by Crippen LogP contribution is 2.27. The van der Waals surface area contributed by atoms with Crippen molar-refractivity contribution in [2.75, 3.05) is 12.3 Å². The number of aryl methyl sites for hydroxylation is 3. The zero-order valence-corrected chi connectivity index (χ0v) is 13.9. The molecule has 23 heavy (non-hydrogen) atoms. The highest BCUT2D eigenvalue weighted by Gasteiger charge is 2.18. The van der Waals surface area contributed by atoms with Crippen LogP contribution in [-0.4, -0.2) is 36.9 Å². The van der Waals surface area contributed by atoms with Gasteiger partial charge in [-0.3, -0.25) is 0 Å². The van der Waals surface area contributed by atoms with E-state index >= 15 is 0 Å². The molecular formula is C12H19N6O4P. The molecule has 2 aromatic rings. The first-order chi connectivity index (χ1) is 10.6. The van der Waals surface area contributed by atoms with Gasteiger partial charge >= 0.3 is 13.8 Å². The molecule has 0 aliphatic rings. The summed E-state index contributed by atoms with van der Waals surface area (Å²) in [6.07, 6.45) is 0. The van der Waals surface area contributed by atoms with E-state index in [1.54, 1.807) is 5.09 Å². The molecule has 2 rings (SSSR count). The third kappa shape index (κ3) is 3.79. The van der Waals surface area contributed by atoms with Crippen LogP contribution in [0.15, 0.2) is 0 Å². The van der Waals surface area contributed by atoms with E-state index in [-0.39, 0.29) is 6.54 Å². The number of urea groups is 1. The lowest BCUT2D eigenvalue weighted by molar-refractivity contribution is 0.242. The molecule has 0 spiro atoms. The molecule has 0 unspecified atom stereocenters. The maximum Gasteiger partial charge on any atom is 0.431 e. The van der Waals surface area contributed by atoms with E-state index in [0.29, 0.717) is 23.7 Å². The Hall–Kier alpha value is -2.16. The van der Waals surface area contributed by atoms with Crippen LogP contribution in [0.25, 0.3) is 11.0 Å². The summed E-state index contributed by atoms with van der Waals surface area (Å²) in [6.45, 7) is 6.11. The fraction of sp³-hybridized carbons (Fsp3) is 0.417. The summed E-state index contributed by atoms with van der Waals surface area (Å²) >= 11 is 0. The number of imidazole rings is 1. The van der Waals surface area contributed by atoms with E-state index in [2.05, 4.69) is 15.3 Å². The van der Waals surface area contributed by atoms with Crippen LogP contribution in [0, 0.1) is 20.8 Å². The fourth-order valence-electron chi connectivity index (χ4n) is 2.34. The lowest BCUT2D eigenvalue weighted by Crippen LogP contribution is -2.35. The Balaban J connectivity index is 2.20. The molecule has 10 nitrogen and oxygen atoms in total. The number of nitrogens with one attached hydrogen (secondary N) is 2. The van der Waals surface area contributed by atoms with Gasteiger partial charge in [-0.05, 0) is 26.3 Å². The number of rotatable bonds is 4. The largest absolute Gasteiger partial charge is 0.431 e. The maximum absolute atomic E-state index is 11.3. The molecule has 0 saturated carbocycles. The summed E-state index contributed by atoms with van der Waals surface area (Å²) in [4.78, 5) is 37.3. The van der Waals surface area contributed by atoms with Crippen LogP contribution in [0.1, 0.15) is 17.1 Å². The molecule has 0 fully saturated rings. The predicted octanol–water partition coefficient (Wildman–Crippen LogP) is 0.331. The molecule has 2 aromatic heterocycles. The van der Waals surface area contributed by atoms with Gasteiger partial charge < -0.3 is 25.4 Å². The second kappa shape index (κ2) is 6.15. The lowest BCUT2D eigenvalue weighted by atomic mass is 10.2. The van der Waals surface area contributed by atoms with Crippen LogP contribution in [0.2, 0.25) is 0 Å². The van der Waals surface area contributed by atoms with E-state index < -0.39 is 13.8 Å². The Morgan fingerprint density at radius 3 is 2.57 bits per heavy atom. The zero-order valence-electron chi connectivity index (χ0n) is 13.0. The summed E-state index contributed by atoms with van der Waals surface area (Å²) in [7, 11) is -4.60. The van der Waals surface area contributed by atoms with Crippen molar-refractivity contribution in [1.82, 2.24) is 24.9 Å². The molecule has 11 heteroatoms. The molecule has 0 radical (unpaired) electrons. The average Bonchev–Trinajstić information content (AvgIpc) is 2.72. The number of hydrogen-bond donors (Lipinski definition) is 5. The minimum atomic E-state index is -4.60. The zero-order chi connectivity index (χ0) is 17.4. The van der Waals surface area contributed by atoms with Crippen LogP contribution in [0.5, 0.6) is 0 Å². The Bertz CT molecular complexity index is 812. The van der Waals surface area contributed by atoms with Crippen LogP contribution in [0.4, 0.5) is 10.6 Å². The second-order valence-electron chi connectivity index (χ2n) is 5.13. The van der Waals surface area contributed by atoms with Crippen molar-refractivity contribution in [3.8, 4) is 0 Å². The van der Waals surface area contributed by atoms with Gasteiger partial charge in [0.1, 0.15) is 11.3 Å². The van der Waals surface area contributed by atoms with Gasteiger partial charge in [-0.2, -0.15) is 0 Å². The molecule has 0 atom stereocenters. The summed E-state index contributed by atoms with van der Waals surface area (Å²) in [5.74, 6) is 1.05. The van der Waals surface area contributed by atoms with E-state index in [1.165, 1.54) is 0 Å². The van der Waals surface area contributed by atoms with Gasteiger partial charge in [-0.1, -0.05) is 0 Å². The topological polar surface area (TPSA) is 155 Å². The van der Waals surface area contributed by atoms with Crippen molar-refractivity contribution < 1.29 is 19.1 Å². The molecule has 0 aliphatic carbocycles. The minimum Gasteiger partial charge on any atom is -0.382 e. The van der Waals surface area contributed by atoms with Gasteiger partial charge in [0, 0.05) is 18.8 Å². The van der Waals surface area contributed by atoms with E-state index in [1.807, 2.05) is 25.3 Å². The van der Waals surface area contributed by atoms with Crippen molar-refractivity contribution in [2.45, 2.75) is 27.3 Å². The van der Waals surface area contributed by atoms with Gasteiger partial charge in [0.15, 0.2) is 5.82 Å². The minimum absolute atomic E-state index is 0.166. The van der Waals surface area contributed by atoms with Gasteiger partial charge in [0.2, 0.25) is 0 Å². The Morgan fingerprint density at radius 2 is 1.96 bits per heavy atom. The predicted molar refractivity (Wildman–Crippen MR) is 84.7 cm³/mol. The first-order valence-electron chi connectivity index (χ1n) is 6.81. The number of fused-ring (bicyclic) bond motifs is 1. The summed E-state index contributed by atoms with van der Waals surface area (Å²) in [6, 6.07) is -0.936. The molecule has 2 heterocycles. The van der Waals surface area contributed by atoms with Crippen LogP contribution >= 0.6 is 7.75 Å². The van der Waals surface area contributed by atoms with E-state index in [4.69, 9.17) is 15.5 Å². The third-order valence-corrected chi connectivity index (χ3v) is 3.95. The molecule has 6 N–H and O–H groups in total. The smallest absolute Gasteiger partial charge is 0.382 e. The van der Waals surface area contributed by atoms with Crippen molar-refractivity contribution >= 4 is 30.6 Å². The number of amides is 2. The molecule has 126 valence electrons. The number of anilines is 1. The monoisotopic (exact) mass is 342 g/mol. The normalized spacial score (nSPS) is 11.7. The SMILES string of the molecule is Cc1nc(N)c2nc(C)n(CCNC(=O)NP(=O)(O)O)c2c1C. The summed E-state index contributed by atoms with van der Waals surface area (Å²) < 4.78 is 12.6. The highest BCUT2D eigenvalue weighted by atomic mass is 31.2. The standard InChI is InChI=1S/C12H19N6O4P/c1-6-7(2)15-11(13)9-10(6)18(8(3)16-9)5-4-14-12(19)17-23(20,21)22/h4-5H2,1-3H3,(H2,13,15)(H4,14,17,19,20,21,22). The van der Waals surface area contributed by atoms with Gasteiger partial charge in [-0.15, -0.1) is 0 Å². The molecule has 2 amide bonds. The third-order valence-electron chi connectivity index (χ3n) is 3.46. The Labute approximate surface area is 132 Å². The highest BCUT2D eigenvalue weighted by molar-refractivity contribution is 7.50. The number of nitrogen functional groups attached to an aromatic ring is 1. The van der Waals surface area contributed by atoms with Crippen molar-refractivity contribution in [3.05, 3.63) is 17.1 Å². The van der Waals surface area contributed by atoms with E-state index in [9.17, 15) is 9.36 Å². The number of nitrogens with zero attached hydrogens (tertiary/aromatic N) is 3. The van der Waals surface area contributed by atoms with Crippen LogP contribution in [0.3, 0.4) is 0 Å². The molecular weight excluding hydrogens is 323 g/mol. The number of aromatic nitrogens is 3. The fourth-order valence-corrected chi connectivity index (χ4v) is 2.68. The van der Waals surface area contributed by atoms with Crippen LogP contribution in [-0.2, 0) is 11.1 Å². The molecule has 0 aliphatic heterocycles. The van der Waals surface area contributed by atoms with Crippen molar-refractivity contribution in [1.29, 1.82) is 0 Å². The van der Waals surface area contributed by atoms with Gasteiger partial charge in [0.05, 0.1) is 5.52 Å². The number of pyridine rings is 1. The Kier molecular flexibility index (Phi) is 4.60. The number of hydrogen-bond acceptors (Lipinski definition) is 5. The van der Waals surface area contributed by atoms with Crippen molar-refractivity contribution in [3.63, 3.8) is 0 Å². The van der Waals surface area contributed by atoms with Gasteiger partial charge in [-0.25, -0.2) is 24.4 Å². The van der Waals surface area contributed by atoms with E-state index in [0.717, 1.165) is 16.8 Å². The molecule has 0 aromatic carbocycles. The summed E-state index contributed by atoms with van der Waals surface area (Å²) in [5.41, 5.74) is 9.08. The number of carbonyl (C=O) groups is 1. The molecule has 0 bridgehead atoms. The van der Waals surface area contributed by atoms with Crippen molar-refractivity contribution in [2.24, 2.45) is 0 Å². The first kappa shape index (κ1) is 17.2. The first-order valence-corrected chi connectivity index (χ1v) is 8.42. The maximum atomic E-state index is 11.3. The quantitative estimate of drug-likeness (QED) is 0.501. The molecule has 0 saturated heterocycles. The Morgan fingerprint density at radius 1 is 1.30 bits per heavy atom. The average molecular weight is 342 g/mol. The van der Waals surface area contributed by atoms with Crippen LogP contribution < -0.4 is 16.1 Å². The summed E-state index contributed by atoms with van der Waals surface area (Å²) in [5, 5.41) is 3.92. The van der Waals surface area contributed by atoms with Gasteiger partial charge in [0.25, 0.3) is 0 Å². The number of nitrogens with two attached hydrogens (primary N) is 1.